The van der Waals surface area contributed by atoms with Gasteiger partial charge in [-0.15, -0.1) is 0 Å². The Morgan fingerprint density at radius 2 is 1.78 bits per heavy atom. The van der Waals surface area contributed by atoms with Gasteiger partial charge in [0.05, 0.1) is 6.04 Å². The van der Waals surface area contributed by atoms with Crippen LogP contribution in [-0.4, -0.2) is 35.0 Å². The molecule has 1 saturated heterocycles. The Morgan fingerprint density at radius 3 is 2.44 bits per heavy atom. The van der Waals surface area contributed by atoms with Crippen LogP contribution < -0.4 is 0 Å². The van der Waals surface area contributed by atoms with Crippen molar-refractivity contribution in [2.45, 2.75) is 78.2 Å². The molecule has 4 nitrogen and oxygen atoms in total. The Labute approximate surface area is 163 Å². The Hall–Kier alpha value is -1.97. The van der Waals surface area contributed by atoms with Crippen molar-refractivity contribution < 1.29 is 14.4 Å². The van der Waals surface area contributed by atoms with Crippen LogP contribution in [0.3, 0.4) is 0 Å². The molecule has 0 spiro atoms. The van der Waals surface area contributed by atoms with Crippen molar-refractivity contribution in [2.24, 2.45) is 5.41 Å². The molecule has 1 aromatic carbocycles. The summed E-state index contributed by atoms with van der Waals surface area (Å²) in [6, 6.07) is 9.85. The molecule has 1 aliphatic rings. The Balaban J connectivity index is 1.90. The molecule has 0 N–H and O–H groups in total. The second kappa shape index (κ2) is 9.82. The average molecular weight is 372 g/mol. The van der Waals surface area contributed by atoms with Crippen LogP contribution in [0.25, 0.3) is 0 Å². The molecule has 4 heteroatoms. The van der Waals surface area contributed by atoms with Crippen LogP contribution in [-0.2, 0) is 20.8 Å². The zero-order valence-electron chi connectivity index (χ0n) is 17.0. The number of piperidine rings is 1. The number of benzene rings is 1. The first-order valence-electron chi connectivity index (χ1n) is 10.3. The van der Waals surface area contributed by atoms with Gasteiger partial charge in [0.1, 0.15) is 0 Å². The fourth-order valence-corrected chi connectivity index (χ4v) is 3.53. The van der Waals surface area contributed by atoms with Crippen LogP contribution in [0, 0.1) is 5.41 Å². The van der Waals surface area contributed by atoms with E-state index in [-0.39, 0.29) is 11.6 Å². The van der Waals surface area contributed by atoms with E-state index in [1.54, 1.807) is 18.7 Å². The lowest BCUT2D eigenvalue weighted by molar-refractivity contribution is -0.153. The lowest BCUT2D eigenvalue weighted by Gasteiger charge is -2.36. The van der Waals surface area contributed by atoms with Gasteiger partial charge in [-0.05, 0) is 50.5 Å². The summed E-state index contributed by atoms with van der Waals surface area (Å²) in [7, 11) is 0. The molecule has 1 aromatic rings. The second-order valence-corrected chi connectivity index (χ2v) is 8.24. The molecule has 0 aliphatic carbocycles. The van der Waals surface area contributed by atoms with E-state index in [9.17, 15) is 14.4 Å². The standard InChI is InChI=1S/C23H33NO3/c1-4-23(2,3)21(26)22(27)24-17-11-10-15-19(24)20(25)16-9-8-14-18-12-6-5-7-13-18/h5-7,12-13,19H,4,8-11,14-17H2,1-3H3. The summed E-state index contributed by atoms with van der Waals surface area (Å²) >= 11 is 0. The van der Waals surface area contributed by atoms with Gasteiger partial charge in [0, 0.05) is 18.4 Å². The highest BCUT2D eigenvalue weighted by molar-refractivity contribution is 6.38. The molecular formula is C23H33NO3. The van der Waals surface area contributed by atoms with E-state index in [1.165, 1.54) is 5.56 Å². The quantitative estimate of drug-likeness (QED) is 0.479. The SMILES string of the molecule is CCC(C)(C)C(=O)C(=O)N1CCCCC1C(=O)CCCCc1ccccc1. The van der Waals surface area contributed by atoms with Crippen LogP contribution in [0.2, 0.25) is 0 Å². The number of amides is 1. The molecule has 0 saturated carbocycles. The molecule has 148 valence electrons. The summed E-state index contributed by atoms with van der Waals surface area (Å²) < 4.78 is 0. The lowest BCUT2D eigenvalue weighted by atomic mass is 9.83. The van der Waals surface area contributed by atoms with Crippen molar-refractivity contribution >= 4 is 17.5 Å². The lowest BCUT2D eigenvalue weighted by Crippen LogP contribution is -2.52. The number of carbonyl (C=O) groups is 3. The fourth-order valence-electron chi connectivity index (χ4n) is 3.53. The van der Waals surface area contributed by atoms with Gasteiger partial charge >= 0.3 is 0 Å². The van der Waals surface area contributed by atoms with E-state index >= 15 is 0 Å². The number of aryl methyl sites for hydroxylation is 1. The number of carbonyl (C=O) groups excluding carboxylic acids is 3. The summed E-state index contributed by atoms with van der Waals surface area (Å²) in [5.74, 6) is -0.726. The Morgan fingerprint density at radius 1 is 1.07 bits per heavy atom. The van der Waals surface area contributed by atoms with Gasteiger partial charge in [-0.2, -0.15) is 0 Å². The van der Waals surface area contributed by atoms with E-state index in [1.807, 2.05) is 25.1 Å². The van der Waals surface area contributed by atoms with Gasteiger partial charge in [-0.1, -0.05) is 51.1 Å². The molecule has 1 atom stereocenters. The first kappa shape index (κ1) is 21.3. The summed E-state index contributed by atoms with van der Waals surface area (Å²) in [5.41, 5.74) is 0.615. The Bertz CT molecular complexity index is 651. The van der Waals surface area contributed by atoms with Crippen LogP contribution in [0.4, 0.5) is 0 Å². The molecular weight excluding hydrogens is 338 g/mol. The number of likely N-dealkylation sites (tertiary alicyclic amines) is 1. The third-order valence-electron chi connectivity index (χ3n) is 5.81. The van der Waals surface area contributed by atoms with Gasteiger partial charge in [0.2, 0.25) is 5.78 Å². The molecule has 0 aromatic heterocycles. The number of nitrogens with zero attached hydrogens (tertiary/aromatic N) is 1. The van der Waals surface area contributed by atoms with E-state index in [2.05, 4.69) is 12.1 Å². The van der Waals surface area contributed by atoms with Crippen molar-refractivity contribution in [3.8, 4) is 0 Å². The van der Waals surface area contributed by atoms with Gasteiger partial charge in [-0.3, -0.25) is 14.4 Å². The average Bonchev–Trinajstić information content (AvgIpc) is 2.70. The third-order valence-corrected chi connectivity index (χ3v) is 5.81. The maximum Gasteiger partial charge on any atom is 0.291 e. The number of hydrogen-bond acceptors (Lipinski definition) is 3. The number of hydrogen-bond donors (Lipinski definition) is 0. The number of Topliss-reactive ketones (excluding diaryl/α,β-unsaturated/α-hetero) is 2. The van der Waals surface area contributed by atoms with Gasteiger partial charge in [-0.25, -0.2) is 0 Å². The fraction of sp³-hybridized carbons (Fsp3) is 0.609. The highest BCUT2D eigenvalue weighted by Crippen LogP contribution is 2.26. The van der Waals surface area contributed by atoms with Crippen molar-refractivity contribution in [3.05, 3.63) is 35.9 Å². The predicted molar refractivity (Wildman–Crippen MR) is 107 cm³/mol. The highest BCUT2D eigenvalue weighted by Gasteiger charge is 2.39. The highest BCUT2D eigenvalue weighted by atomic mass is 16.2. The smallest absolute Gasteiger partial charge is 0.291 e. The zero-order valence-corrected chi connectivity index (χ0v) is 17.0. The first-order valence-corrected chi connectivity index (χ1v) is 10.3. The minimum atomic E-state index is -0.669. The second-order valence-electron chi connectivity index (χ2n) is 8.24. The topological polar surface area (TPSA) is 54.5 Å². The Kier molecular flexibility index (Phi) is 7.76. The van der Waals surface area contributed by atoms with Crippen molar-refractivity contribution in [3.63, 3.8) is 0 Å². The first-order chi connectivity index (χ1) is 12.9. The maximum atomic E-state index is 12.8. The molecule has 1 aliphatic heterocycles. The van der Waals surface area contributed by atoms with Crippen LogP contribution in [0.5, 0.6) is 0 Å². The molecule has 1 fully saturated rings. The minimum absolute atomic E-state index is 0.109. The normalized spacial score (nSPS) is 17.6. The molecule has 27 heavy (non-hydrogen) atoms. The molecule has 1 heterocycles. The van der Waals surface area contributed by atoms with Crippen LogP contribution >= 0.6 is 0 Å². The summed E-state index contributed by atoms with van der Waals surface area (Å²) in [6.45, 7) is 6.04. The van der Waals surface area contributed by atoms with Crippen LogP contribution in [0.15, 0.2) is 30.3 Å². The third kappa shape index (κ3) is 5.75. The number of ketones is 2. The maximum absolute atomic E-state index is 12.8. The molecule has 2 rings (SSSR count). The largest absolute Gasteiger partial charge is 0.326 e. The van der Waals surface area contributed by atoms with Gasteiger partial charge < -0.3 is 4.90 Å². The van der Waals surface area contributed by atoms with Crippen molar-refractivity contribution in [2.75, 3.05) is 6.54 Å². The van der Waals surface area contributed by atoms with Crippen molar-refractivity contribution in [1.29, 1.82) is 0 Å². The van der Waals surface area contributed by atoms with Crippen molar-refractivity contribution in [1.82, 2.24) is 4.90 Å². The number of rotatable bonds is 9. The zero-order chi connectivity index (χ0) is 19.9. The van der Waals surface area contributed by atoms with Gasteiger partial charge in [0.15, 0.2) is 5.78 Å². The summed E-state index contributed by atoms with van der Waals surface area (Å²) in [4.78, 5) is 39.7. The molecule has 0 radical (unpaired) electrons. The summed E-state index contributed by atoms with van der Waals surface area (Å²) in [5, 5.41) is 0. The number of unbranched alkanes of at least 4 members (excludes halogenated alkanes) is 1. The molecule has 0 bridgehead atoms. The van der Waals surface area contributed by atoms with E-state index in [0.717, 1.165) is 32.1 Å². The predicted octanol–water partition coefficient (Wildman–Crippen LogP) is 4.35. The van der Waals surface area contributed by atoms with Gasteiger partial charge in [0.25, 0.3) is 5.91 Å². The minimum Gasteiger partial charge on any atom is -0.326 e. The van der Waals surface area contributed by atoms with E-state index < -0.39 is 17.4 Å². The molecule has 1 amide bonds. The van der Waals surface area contributed by atoms with Crippen LogP contribution in [0.1, 0.15) is 71.3 Å². The monoisotopic (exact) mass is 371 g/mol. The summed E-state index contributed by atoms with van der Waals surface area (Å²) in [6.07, 6.45) is 6.32. The molecule has 1 unspecified atom stereocenters. The van der Waals surface area contributed by atoms with E-state index in [0.29, 0.717) is 25.8 Å². The van der Waals surface area contributed by atoms with E-state index in [4.69, 9.17) is 0 Å².